The number of hydrogen-bond acceptors (Lipinski definition) is 6. The van der Waals surface area contributed by atoms with Crippen molar-refractivity contribution in [2.45, 2.75) is 4.90 Å². The molecule has 0 radical (unpaired) electrons. The van der Waals surface area contributed by atoms with Crippen molar-refractivity contribution in [2.75, 3.05) is 0 Å². The molecule has 2 aromatic rings. The zero-order chi connectivity index (χ0) is 21.6. The Labute approximate surface area is 213 Å². The summed E-state index contributed by atoms with van der Waals surface area (Å²) >= 11 is 0. The molecule has 0 saturated heterocycles. The molecule has 11 nitrogen and oxygen atoms in total. The molecule has 0 spiro atoms. The normalized spacial score (nSPS) is 9.63. The van der Waals surface area contributed by atoms with E-state index < -0.39 is 50.0 Å². The van der Waals surface area contributed by atoms with Crippen LogP contribution in [-0.2, 0) is 10.1 Å². The molecule has 0 fully saturated rings. The molecule has 14 heteroatoms. The van der Waals surface area contributed by atoms with Crippen molar-refractivity contribution in [1.82, 2.24) is 0 Å². The van der Waals surface area contributed by atoms with Gasteiger partial charge in [0.05, 0.1) is 22.3 Å². The monoisotopic (exact) mass is 460 g/mol. The first-order chi connectivity index (χ1) is 12.9. The Morgan fingerprint density at radius 3 is 1.10 bits per heavy atom. The van der Waals surface area contributed by atoms with Gasteiger partial charge >= 0.3 is 83.0 Å². The van der Waals surface area contributed by atoms with Crippen molar-refractivity contribution in [1.29, 1.82) is 0 Å². The summed E-state index contributed by atoms with van der Waals surface area (Å²) in [6.45, 7) is 0. The second-order valence-corrected chi connectivity index (χ2v) is 6.31. The Hall–Kier alpha value is -1.77. The molecule has 2 aromatic carbocycles. The van der Waals surface area contributed by atoms with Crippen molar-refractivity contribution in [3.63, 3.8) is 0 Å². The van der Waals surface area contributed by atoms with Crippen LogP contribution in [0.4, 0.5) is 0 Å². The van der Waals surface area contributed by atoms with E-state index in [0.717, 1.165) is 18.2 Å². The van der Waals surface area contributed by atoms with Gasteiger partial charge in [-0.1, -0.05) is 6.07 Å². The quantitative estimate of drug-likeness (QED) is 0.299. The minimum absolute atomic E-state index is 0. The SMILES string of the molecule is O=C(O)c1ccc(C(=O)O)cc1.O=C(O)c1cccc(C(=O)O)c1S(=O)(=O)O.[NaH].[NaH]. The second kappa shape index (κ2) is 12.8. The van der Waals surface area contributed by atoms with E-state index in [2.05, 4.69) is 0 Å². The number of hydrogen-bond donors (Lipinski definition) is 5. The Morgan fingerprint density at radius 2 is 0.900 bits per heavy atom. The molecular weight excluding hydrogens is 446 g/mol. The first-order valence-corrected chi connectivity index (χ1v) is 8.44. The topological polar surface area (TPSA) is 204 Å². The third kappa shape index (κ3) is 8.53. The fourth-order valence-corrected chi connectivity index (χ4v) is 2.77. The van der Waals surface area contributed by atoms with Crippen LogP contribution >= 0.6 is 0 Å². The standard InChI is InChI=1S/C8H6O7S.C8H6O4.2Na.2H/c9-7(10)4-2-1-3-5(8(11)12)6(4)16(13,14)15;9-7(10)5-1-2-6(4-3-5)8(11)12;;;;/h1-3H,(H,9,10)(H,11,12)(H,13,14,15);1-4H,(H,9,10)(H,11,12);;;;. The average molecular weight is 460 g/mol. The van der Waals surface area contributed by atoms with Crippen LogP contribution in [0, 0.1) is 0 Å². The minimum atomic E-state index is -4.92. The maximum atomic E-state index is 10.9. The van der Waals surface area contributed by atoms with E-state index >= 15 is 0 Å². The van der Waals surface area contributed by atoms with Crippen molar-refractivity contribution in [2.24, 2.45) is 0 Å². The van der Waals surface area contributed by atoms with Crippen LogP contribution in [0.2, 0.25) is 0 Å². The second-order valence-electron chi connectivity index (χ2n) is 4.96. The molecular formula is C16H14Na2O11S. The zero-order valence-corrected chi connectivity index (χ0v) is 14.5. The summed E-state index contributed by atoms with van der Waals surface area (Å²) in [5, 5.41) is 34.3. The van der Waals surface area contributed by atoms with Crippen LogP contribution in [0.5, 0.6) is 0 Å². The third-order valence-electron chi connectivity index (χ3n) is 3.11. The van der Waals surface area contributed by atoms with E-state index in [1.165, 1.54) is 24.3 Å². The van der Waals surface area contributed by atoms with Gasteiger partial charge in [0.2, 0.25) is 0 Å². The Balaban J connectivity index is 0. The third-order valence-corrected chi connectivity index (χ3v) is 4.07. The van der Waals surface area contributed by atoms with Crippen LogP contribution in [0.25, 0.3) is 0 Å². The van der Waals surface area contributed by atoms with Crippen LogP contribution in [0.3, 0.4) is 0 Å². The fraction of sp³-hybridized carbons (Fsp3) is 0. The van der Waals surface area contributed by atoms with Gasteiger partial charge in [0.1, 0.15) is 4.90 Å². The van der Waals surface area contributed by atoms with Gasteiger partial charge in [-0.25, -0.2) is 19.2 Å². The van der Waals surface area contributed by atoms with E-state index in [-0.39, 0.29) is 70.2 Å². The molecule has 0 saturated carbocycles. The number of carboxylic acids is 4. The summed E-state index contributed by atoms with van der Waals surface area (Å²) in [6, 6.07) is 7.87. The fourth-order valence-electron chi connectivity index (χ4n) is 1.91. The van der Waals surface area contributed by atoms with Gasteiger partial charge in [0.25, 0.3) is 10.1 Å². The number of rotatable bonds is 5. The zero-order valence-electron chi connectivity index (χ0n) is 13.6. The molecule has 5 N–H and O–H groups in total. The van der Waals surface area contributed by atoms with Crippen molar-refractivity contribution >= 4 is 93.1 Å². The van der Waals surface area contributed by atoms with E-state index in [1.54, 1.807) is 0 Å². The van der Waals surface area contributed by atoms with Crippen LogP contribution in [0.15, 0.2) is 47.4 Å². The summed E-state index contributed by atoms with van der Waals surface area (Å²) in [6.07, 6.45) is 0. The summed E-state index contributed by atoms with van der Waals surface area (Å²) < 4.78 is 30.6. The summed E-state index contributed by atoms with van der Waals surface area (Å²) in [5.41, 5.74) is -1.41. The number of carbonyl (C=O) groups is 4. The number of aromatic carboxylic acids is 4. The van der Waals surface area contributed by atoms with E-state index in [9.17, 15) is 27.6 Å². The predicted octanol–water partition coefficient (Wildman–Crippen LogP) is 0.116. The van der Waals surface area contributed by atoms with Crippen molar-refractivity contribution < 1.29 is 52.6 Å². The summed E-state index contributed by atoms with van der Waals surface area (Å²) in [4.78, 5) is 40.9. The Morgan fingerprint density at radius 1 is 0.600 bits per heavy atom. The van der Waals surface area contributed by atoms with Gasteiger partial charge in [0.15, 0.2) is 0 Å². The van der Waals surface area contributed by atoms with Crippen molar-refractivity contribution in [3.8, 4) is 0 Å². The molecule has 152 valence electrons. The summed E-state index contributed by atoms with van der Waals surface area (Å²) in [7, 11) is -4.92. The predicted molar refractivity (Wildman–Crippen MR) is 105 cm³/mol. The molecule has 0 heterocycles. The maximum absolute atomic E-state index is 10.9. The molecule has 0 atom stereocenters. The average Bonchev–Trinajstić information content (AvgIpc) is 2.60. The molecule has 0 unspecified atom stereocenters. The van der Waals surface area contributed by atoms with E-state index in [1.807, 2.05) is 0 Å². The van der Waals surface area contributed by atoms with Gasteiger partial charge in [-0.15, -0.1) is 0 Å². The van der Waals surface area contributed by atoms with Crippen LogP contribution in [0.1, 0.15) is 41.4 Å². The molecule has 30 heavy (non-hydrogen) atoms. The molecule has 2 rings (SSSR count). The van der Waals surface area contributed by atoms with Crippen molar-refractivity contribution in [3.05, 3.63) is 64.7 Å². The van der Waals surface area contributed by atoms with Gasteiger partial charge in [0, 0.05) is 0 Å². The number of benzene rings is 2. The van der Waals surface area contributed by atoms with Gasteiger partial charge < -0.3 is 20.4 Å². The molecule has 0 bridgehead atoms. The van der Waals surface area contributed by atoms with Gasteiger partial charge in [-0.3, -0.25) is 4.55 Å². The first kappa shape index (κ1) is 30.4. The Bertz CT molecular complexity index is 982. The number of carboxylic acid groups (broad SMARTS) is 4. The summed E-state index contributed by atoms with van der Waals surface area (Å²) in [5.74, 6) is -5.41. The molecule has 0 aliphatic rings. The van der Waals surface area contributed by atoms with Gasteiger partial charge in [-0.05, 0) is 36.4 Å². The first-order valence-electron chi connectivity index (χ1n) is 7.00. The molecule has 0 amide bonds. The van der Waals surface area contributed by atoms with E-state index in [0.29, 0.717) is 0 Å². The molecule has 0 aliphatic carbocycles. The molecule has 0 aromatic heterocycles. The Kier molecular flexibility index (Phi) is 13.0. The molecule has 0 aliphatic heterocycles. The van der Waals surface area contributed by atoms with Crippen LogP contribution < -0.4 is 0 Å². The van der Waals surface area contributed by atoms with E-state index in [4.69, 9.17) is 25.0 Å². The van der Waals surface area contributed by atoms with Gasteiger partial charge in [-0.2, -0.15) is 8.42 Å². The van der Waals surface area contributed by atoms with Crippen LogP contribution in [-0.4, -0.2) is 116 Å².